The van der Waals surface area contributed by atoms with Gasteiger partial charge in [0.25, 0.3) is 0 Å². The van der Waals surface area contributed by atoms with Crippen LogP contribution in [0.15, 0.2) is 66.1 Å². The largest absolute Gasteiger partial charge is 0.431 e. The van der Waals surface area contributed by atoms with Crippen LogP contribution in [0, 0.1) is 0 Å². The van der Waals surface area contributed by atoms with Gasteiger partial charge in [0.1, 0.15) is 11.3 Å². The lowest BCUT2D eigenvalue weighted by Gasteiger charge is -2.08. The highest BCUT2D eigenvalue weighted by atomic mass is 32.2. The number of hydrogen-bond acceptors (Lipinski definition) is 3. The molecule has 138 valence electrons. The van der Waals surface area contributed by atoms with Gasteiger partial charge in [-0.2, -0.15) is 13.2 Å². The van der Waals surface area contributed by atoms with Crippen molar-refractivity contribution >= 4 is 17.4 Å². The van der Waals surface area contributed by atoms with E-state index < -0.39 is 11.9 Å². The Bertz CT molecular complexity index is 1070. The molecule has 0 aliphatic rings. The molecule has 4 aromatic rings. The molecule has 1 N–H and O–H groups in total. The SMILES string of the molecule is CC(Sc1nc(-c2ccccc2)c[nH]1)c1cn2c(C(F)(F)F)cccc2n1. The van der Waals surface area contributed by atoms with Crippen molar-refractivity contribution in [1.82, 2.24) is 19.4 Å². The van der Waals surface area contributed by atoms with Crippen LogP contribution < -0.4 is 0 Å². The lowest BCUT2D eigenvalue weighted by atomic mass is 10.2. The van der Waals surface area contributed by atoms with Gasteiger partial charge in [-0.3, -0.25) is 4.40 Å². The molecule has 0 spiro atoms. The van der Waals surface area contributed by atoms with Crippen molar-refractivity contribution in [2.75, 3.05) is 0 Å². The normalized spacial score (nSPS) is 13.2. The summed E-state index contributed by atoms with van der Waals surface area (Å²) in [4.78, 5) is 12.0. The summed E-state index contributed by atoms with van der Waals surface area (Å²) in [6.07, 6.45) is -1.17. The fourth-order valence-corrected chi connectivity index (χ4v) is 3.65. The molecule has 0 fully saturated rings. The number of fused-ring (bicyclic) bond motifs is 1. The Kier molecular flexibility index (Phi) is 4.43. The second kappa shape index (κ2) is 6.77. The van der Waals surface area contributed by atoms with Crippen LogP contribution in [0.4, 0.5) is 13.2 Å². The molecular weight excluding hydrogens is 373 g/mol. The minimum atomic E-state index is -4.43. The number of rotatable bonds is 4. The van der Waals surface area contributed by atoms with Crippen LogP contribution in [0.3, 0.4) is 0 Å². The molecule has 4 nitrogen and oxygen atoms in total. The second-order valence-electron chi connectivity index (χ2n) is 6.02. The number of nitrogens with zero attached hydrogens (tertiary/aromatic N) is 3. The van der Waals surface area contributed by atoms with E-state index >= 15 is 0 Å². The third-order valence-electron chi connectivity index (χ3n) is 4.13. The first-order valence-corrected chi connectivity index (χ1v) is 9.12. The molecule has 0 saturated carbocycles. The molecule has 3 heterocycles. The molecule has 8 heteroatoms. The van der Waals surface area contributed by atoms with Crippen molar-refractivity contribution in [2.45, 2.75) is 23.5 Å². The van der Waals surface area contributed by atoms with Crippen molar-refractivity contribution < 1.29 is 13.2 Å². The van der Waals surface area contributed by atoms with Gasteiger partial charge in [-0.1, -0.05) is 48.2 Å². The molecule has 0 radical (unpaired) electrons. The van der Waals surface area contributed by atoms with E-state index in [0.717, 1.165) is 21.7 Å². The lowest BCUT2D eigenvalue weighted by Crippen LogP contribution is -2.10. The van der Waals surface area contributed by atoms with E-state index in [2.05, 4.69) is 15.0 Å². The maximum absolute atomic E-state index is 13.2. The molecule has 27 heavy (non-hydrogen) atoms. The third kappa shape index (κ3) is 3.57. The van der Waals surface area contributed by atoms with Crippen molar-refractivity contribution in [3.63, 3.8) is 0 Å². The summed E-state index contributed by atoms with van der Waals surface area (Å²) in [6.45, 7) is 1.89. The maximum atomic E-state index is 13.2. The molecule has 0 bridgehead atoms. The van der Waals surface area contributed by atoms with Gasteiger partial charge in [0.15, 0.2) is 5.16 Å². The van der Waals surface area contributed by atoms with E-state index in [-0.39, 0.29) is 10.9 Å². The number of aromatic amines is 1. The Morgan fingerprint density at radius 2 is 1.81 bits per heavy atom. The zero-order valence-corrected chi connectivity index (χ0v) is 15.1. The summed E-state index contributed by atoms with van der Waals surface area (Å²) < 4.78 is 40.6. The molecule has 1 aromatic carbocycles. The van der Waals surface area contributed by atoms with Gasteiger partial charge in [-0.25, -0.2) is 9.97 Å². The van der Waals surface area contributed by atoms with Crippen LogP contribution in [0.5, 0.6) is 0 Å². The molecule has 3 aromatic heterocycles. The fourth-order valence-electron chi connectivity index (χ4n) is 2.81. The molecule has 0 amide bonds. The fraction of sp³-hybridized carbons (Fsp3) is 0.158. The number of thioether (sulfide) groups is 1. The predicted molar refractivity (Wildman–Crippen MR) is 98.5 cm³/mol. The average molecular weight is 388 g/mol. The van der Waals surface area contributed by atoms with Crippen LogP contribution in [0.25, 0.3) is 16.9 Å². The highest BCUT2D eigenvalue weighted by molar-refractivity contribution is 7.99. The Morgan fingerprint density at radius 1 is 1.04 bits per heavy atom. The molecule has 0 aliphatic carbocycles. The van der Waals surface area contributed by atoms with Crippen LogP contribution in [-0.2, 0) is 6.18 Å². The van der Waals surface area contributed by atoms with Gasteiger partial charge in [-0.15, -0.1) is 0 Å². The standard InChI is InChI=1S/C19H15F3N4S/c1-12(27-18-23-10-14(25-18)13-6-3-2-4-7-13)15-11-26-16(19(20,21)22)8-5-9-17(26)24-15/h2-12H,1H3,(H,23,25). The van der Waals surface area contributed by atoms with E-state index in [4.69, 9.17) is 0 Å². The number of hydrogen-bond donors (Lipinski definition) is 1. The van der Waals surface area contributed by atoms with Crippen molar-refractivity contribution in [3.8, 4) is 11.3 Å². The van der Waals surface area contributed by atoms with Crippen molar-refractivity contribution in [1.29, 1.82) is 0 Å². The highest BCUT2D eigenvalue weighted by Gasteiger charge is 2.33. The summed E-state index contributed by atoms with van der Waals surface area (Å²) in [5.41, 5.74) is 1.92. The first kappa shape index (κ1) is 17.7. The van der Waals surface area contributed by atoms with Gasteiger partial charge in [-0.05, 0) is 19.1 Å². The first-order valence-electron chi connectivity index (χ1n) is 8.24. The number of H-pyrrole nitrogens is 1. The summed E-state index contributed by atoms with van der Waals surface area (Å²) in [5, 5.41) is 0.523. The van der Waals surface area contributed by atoms with Crippen LogP contribution in [-0.4, -0.2) is 19.4 Å². The van der Waals surface area contributed by atoms with Crippen LogP contribution in [0.2, 0.25) is 0 Å². The predicted octanol–water partition coefficient (Wildman–Crippen LogP) is 5.60. The summed E-state index contributed by atoms with van der Waals surface area (Å²) in [5.74, 6) is 0. The molecule has 1 unspecified atom stereocenters. The van der Waals surface area contributed by atoms with Crippen LogP contribution in [0.1, 0.15) is 23.6 Å². The molecule has 4 rings (SSSR count). The quantitative estimate of drug-likeness (QED) is 0.463. The highest BCUT2D eigenvalue weighted by Crippen LogP contribution is 2.35. The number of pyridine rings is 1. The second-order valence-corrected chi connectivity index (χ2v) is 7.35. The Morgan fingerprint density at radius 3 is 2.56 bits per heavy atom. The molecule has 0 aliphatic heterocycles. The third-order valence-corrected chi connectivity index (χ3v) is 5.16. The Labute approximate surface area is 157 Å². The minimum Gasteiger partial charge on any atom is -0.339 e. The van der Waals surface area contributed by atoms with E-state index in [0.29, 0.717) is 10.9 Å². The van der Waals surface area contributed by atoms with Crippen molar-refractivity contribution in [3.05, 3.63) is 72.3 Å². The van der Waals surface area contributed by atoms with E-state index in [1.54, 1.807) is 6.07 Å². The summed E-state index contributed by atoms with van der Waals surface area (Å²) in [7, 11) is 0. The number of imidazole rings is 2. The van der Waals surface area contributed by atoms with Crippen molar-refractivity contribution in [2.24, 2.45) is 0 Å². The van der Waals surface area contributed by atoms with Gasteiger partial charge < -0.3 is 4.98 Å². The minimum absolute atomic E-state index is 0.166. The number of halogens is 3. The monoisotopic (exact) mass is 388 g/mol. The van der Waals surface area contributed by atoms with Gasteiger partial charge in [0.05, 0.1) is 16.6 Å². The average Bonchev–Trinajstić information content (AvgIpc) is 3.28. The first-order chi connectivity index (χ1) is 12.9. The molecule has 0 saturated heterocycles. The summed E-state index contributed by atoms with van der Waals surface area (Å²) >= 11 is 1.42. The van der Waals surface area contributed by atoms with Gasteiger partial charge in [0.2, 0.25) is 0 Å². The number of nitrogens with one attached hydrogen (secondary N) is 1. The molecule has 1 atom stereocenters. The summed E-state index contributed by atoms with van der Waals surface area (Å²) in [6, 6.07) is 13.7. The molecular formula is C19H15F3N4S. The van der Waals surface area contributed by atoms with E-state index in [9.17, 15) is 13.2 Å². The number of alkyl halides is 3. The zero-order valence-electron chi connectivity index (χ0n) is 14.2. The van der Waals surface area contributed by atoms with Crippen LogP contribution >= 0.6 is 11.8 Å². The Balaban J connectivity index is 1.59. The number of aromatic nitrogens is 4. The van der Waals surface area contributed by atoms with Gasteiger partial charge >= 0.3 is 6.18 Å². The number of benzene rings is 1. The Hall–Kier alpha value is -2.74. The topological polar surface area (TPSA) is 46.0 Å². The smallest absolute Gasteiger partial charge is 0.339 e. The van der Waals surface area contributed by atoms with E-state index in [1.807, 2.05) is 43.5 Å². The van der Waals surface area contributed by atoms with Gasteiger partial charge in [0, 0.05) is 18.0 Å². The lowest BCUT2D eigenvalue weighted by molar-refractivity contribution is -0.142. The van der Waals surface area contributed by atoms with E-state index in [1.165, 1.54) is 24.0 Å². The maximum Gasteiger partial charge on any atom is 0.431 e. The zero-order chi connectivity index (χ0) is 19.0.